The molecule has 29 heavy (non-hydrogen) atoms. The molecular weight excluding hydrogens is 519 g/mol. The van der Waals surface area contributed by atoms with E-state index in [1.807, 2.05) is 25.1 Å². The van der Waals surface area contributed by atoms with Gasteiger partial charge in [0.1, 0.15) is 0 Å². The largest absolute Gasteiger partial charge is 0.357 e. The molecule has 4 N–H and O–H groups in total. The van der Waals surface area contributed by atoms with Crippen molar-refractivity contribution in [2.24, 2.45) is 10.1 Å². The lowest BCUT2D eigenvalue weighted by Crippen LogP contribution is -2.38. The highest BCUT2D eigenvalue weighted by Crippen LogP contribution is 2.22. The normalized spacial score (nSPS) is 12.7. The van der Waals surface area contributed by atoms with Crippen molar-refractivity contribution < 1.29 is 8.42 Å². The highest BCUT2D eigenvalue weighted by atomic mass is 127. The van der Waals surface area contributed by atoms with Crippen LogP contribution in [0.1, 0.15) is 19.4 Å². The van der Waals surface area contributed by atoms with E-state index in [9.17, 15) is 8.42 Å². The number of benzene rings is 2. The van der Waals surface area contributed by atoms with Crippen LogP contribution in [0.5, 0.6) is 0 Å². The zero-order valence-electron chi connectivity index (χ0n) is 16.7. The third kappa shape index (κ3) is 9.83. The van der Waals surface area contributed by atoms with Crippen LogP contribution in [-0.4, -0.2) is 39.3 Å². The average molecular weight is 549 g/mol. The van der Waals surface area contributed by atoms with Crippen molar-refractivity contribution in [3.05, 3.63) is 60.2 Å². The first-order chi connectivity index (χ1) is 13.4. The van der Waals surface area contributed by atoms with Crippen LogP contribution in [0.2, 0.25) is 0 Å². The summed E-state index contributed by atoms with van der Waals surface area (Å²) in [6, 6.07) is 16.9. The van der Waals surface area contributed by atoms with Gasteiger partial charge in [-0.2, -0.15) is 0 Å². The smallest absolute Gasteiger partial charge is 0.238 e. The minimum Gasteiger partial charge on any atom is -0.357 e. The Morgan fingerprint density at radius 1 is 1.10 bits per heavy atom. The van der Waals surface area contributed by atoms with Crippen molar-refractivity contribution in [2.45, 2.75) is 35.3 Å². The van der Waals surface area contributed by atoms with E-state index in [4.69, 9.17) is 5.14 Å². The fraction of sp³-hybridized carbons (Fsp3) is 0.350. The molecule has 0 saturated carbocycles. The molecule has 0 aliphatic rings. The van der Waals surface area contributed by atoms with Gasteiger partial charge in [0.25, 0.3) is 0 Å². The topological polar surface area (TPSA) is 96.6 Å². The van der Waals surface area contributed by atoms with Crippen molar-refractivity contribution in [1.82, 2.24) is 10.6 Å². The molecule has 0 saturated heterocycles. The summed E-state index contributed by atoms with van der Waals surface area (Å²) < 4.78 is 22.6. The average Bonchev–Trinajstić information content (AvgIpc) is 2.66. The molecule has 0 amide bonds. The molecular formula is C20H29IN4O2S2. The number of primary sulfonamides is 1. The molecule has 0 heterocycles. The van der Waals surface area contributed by atoms with Gasteiger partial charge in [-0.1, -0.05) is 37.3 Å². The summed E-state index contributed by atoms with van der Waals surface area (Å²) in [5.74, 6) is 0.782. The highest BCUT2D eigenvalue weighted by molar-refractivity contribution is 14.0. The second kappa shape index (κ2) is 13.1. The number of guanidine groups is 1. The van der Waals surface area contributed by atoms with Gasteiger partial charge in [-0.25, -0.2) is 13.6 Å². The molecule has 160 valence electrons. The van der Waals surface area contributed by atoms with E-state index in [1.165, 1.54) is 17.0 Å². The quantitative estimate of drug-likeness (QED) is 0.194. The van der Waals surface area contributed by atoms with Crippen LogP contribution in [0.4, 0.5) is 0 Å². The summed E-state index contributed by atoms with van der Waals surface area (Å²) in [4.78, 5) is 6.04. The third-order valence-electron chi connectivity index (χ3n) is 3.89. The first kappa shape index (κ1) is 25.7. The molecule has 0 aromatic heterocycles. The van der Waals surface area contributed by atoms with E-state index in [-0.39, 0.29) is 28.9 Å². The molecule has 2 aromatic carbocycles. The lowest BCUT2D eigenvalue weighted by Gasteiger charge is -2.13. The lowest BCUT2D eigenvalue weighted by atomic mass is 10.1. The van der Waals surface area contributed by atoms with Crippen molar-refractivity contribution in [1.29, 1.82) is 0 Å². The SMILES string of the molecule is CCNC(=NCC(C)Sc1ccccc1)NCCc1ccc(S(N)(=O)=O)cc1.I. The van der Waals surface area contributed by atoms with Crippen molar-refractivity contribution in [3.63, 3.8) is 0 Å². The predicted molar refractivity (Wildman–Crippen MR) is 133 cm³/mol. The zero-order chi connectivity index (χ0) is 20.4. The molecule has 6 nitrogen and oxygen atoms in total. The van der Waals surface area contributed by atoms with Crippen LogP contribution in [0.25, 0.3) is 0 Å². The van der Waals surface area contributed by atoms with Gasteiger partial charge >= 0.3 is 0 Å². The third-order valence-corrected chi connectivity index (χ3v) is 5.91. The van der Waals surface area contributed by atoms with Gasteiger partial charge in [-0.3, -0.25) is 4.99 Å². The van der Waals surface area contributed by atoms with Crippen LogP contribution in [0.3, 0.4) is 0 Å². The maximum Gasteiger partial charge on any atom is 0.238 e. The molecule has 9 heteroatoms. The minimum absolute atomic E-state index is 0. The molecule has 1 unspecified atom stereocenters. The highest BCUT2D eigenvalue weighted by Gasteiger charge is 2.07. The molecule has 0 aliphatic carbocycles. The van der Waals surface area contributed by atoms with Gasteiger partial charge in [0.05, 0.1) is 11.4 Å². The minimum atomic E-state index is -3.65. The van der Waals surface area contributed by atoms with Gasteiger partial charge in [0.2, 0.25) is 10.0 Å². The number of hydrogen-bond donors (Lipinski definition) is 3. The number of aliphatic imine (C=N–C) groups is 1. The maximum absolute atomic E-state index is 11.3. The second-order valence-corrected chi connectivity index (χ2v) is 9.40. The van der Waals surface area contributed by atoms with Gasteiger partial charge in [-0.05, 0) is 43.2 Å². The lowest BCUT2D eigenvalue weighted by molar-refractivity contribution is 0.598. The van der Waals surface area contributed by atoms with E-state index in [1.54, 1.807) is 23.9 Å². The Morgan fingerprint density at radius 3 is 2.34 bits per heavy atom. The van der Waals surface area contributed by atoms with E-state index in [0.29, 0.717) is 18.3 Å². The van der Waals surface area contributed by atoms with Crippen LogP contribution in [-0.2, 0) is 16.4 Å². The molecule has 2 aromatic rings. The summed E-state index contributed by atoms with van der Waals surface area (Å²) in [7, 11) is -3.65. The standard InChI is InChI=1S/C20H28N4O2S2.HI/c1-3-22-20(24-15-16(2)27-18-7-5-4-6-8-18)23-14-13-17-9-11-19(12-10-17)28(21,25)26;/h4-12,16H,3,13-15H2,1-2H3,(H2,21,25,26)(H2,22,23,24);1H. The van der Waals surface area contributed by atoms with Crippen LogP contribution in [0, 0.1) is 0 Å². The second-order valence-electron chi connectivity index (χ2n) is 6.33. The van der Waals surface area contributed by atoms with Crippen LogP contribution < -0.4 is 15.8 Å². The van der Waals surface area contributed by atoms with E-state index in [0.717, 1.165) is 24.5 Å². The molecule has 0 bridgehead atoms. The fourth-order valence-electron chi connectivity index (χ4n) is 2.50. The van der Waals surface area contributed by atoms with Gasteiger partial charge in [-0.15, -0.1) is 35.7 Å². The fourth-order valence-corrected chi connectivity index (χ4v) is 3.94. The van der Waals surface area contributed by atoms with Gasteiger partial charge < -0.3 is 10.6 Å². The number of halogens is 1. The maximum atomic E-state index is 11.3. The number of thioether (sulfide) groups is 1. The van der Waals surface area contributed by atoms with E-state index >= 15 is 0 Å². The number of nitrogens with zero attached hydrogens (tertiary/aromatic N) is 1. The Bertz CT molecular complexity index is 860. The Labute approximate surface area is 195 Å². The number of hydrogen-bond acceptors (Lipinski definition) is 4. The van der Waals surface area contributed by atoms with E-state index < -0.39 is 10.0 Å². The summed E-state index contributed by atoms with van der Waals surface area (Å²) in [5.41, 5.74) is 1.03. The predicted octanol–water partition coefficient (Wildman–Crippen LogP) is 3.23. The van der Waals surface area contributed by atoms with Crippen LogP contribution in [0.15, 0.2) is 69.4 Å². The first-order valence-electron chi connectivity index (χ1n) is 9.24. The number of rotatable bonds is 9. The first-order valence-corrected chi connectivity index (χ1v) is 11.7. The van der Waals surface area contributed by atoms with Crippen molar-refractivity contribution in [2.75, 3.05) is 19.6 Å². The summed E-state index contributed by atoms with van der Waals surface area (Å²) in [6.07, 6.45) is 0.754. The molecule has 0 spiro atoms. The summed E-state index contributed by atoms with van der Waals surface area (Å²) in [5, 5.41) is 12.1. The Hall–Kier alpha value is -1.30. The summed E-state index contributed by atoms with van der Waals surface area (Å²) in [6.45, 7) is 6.39. The van der Waals surface area contributed by atoms with Crippen molar-refractivity contribution in [3.8, 4) is 0 Å². The Morgan fingerprint density at radius 2 is 1.76 bits per heavy atom. The molecule has 0 radical (unpaired) electrons. The summed E-state index contributed by atoms with van der Waals surface area (Å²) >= 11 is 1.81. The Kier molecular flexibility index (Phi) is 11.6. The zero-order valence-corrected chi connectivity index (χ0v) is 20.6. The number of nitrogens with two attached hydrogens (primary N) is 1. The van der Waals surface area contributed by atoms with Gasteiger partial charge in [0, 0.05) is 23.2 Å². The molecule has 1 atom stereocenters. The molecule has 0 fully saturated rings. The number of sulfonamides is 1. The molecule has 0 aliphatic heterocycles. The van der Waals surface area contributed by atoms with E-state index in [2.05, 4.69) is 34.7 Å². The Balaban J connectivity index is 0.00000420. The van der Waals surface area contributed by atoms with Crippen molar-refractivity contribution >= 4 is 51.7 Å². The van der Waals surface area contributed by atoms with Crippen LogP contribution >= 0.6 is 35.7 Å². The van der Waals surface area contributed by atoms with Gasteiger partial charge in [0.15, 0.2) is 5.96 Å². The monoisotopic (exact) mass is 548 g/mol. The number of nitrogens with one attached hydrogen (secondary N) is 2. The molecule has 2 rings (SSSR count).